The lowest BCUT2D eigenvalue weighted by Crippen LogP contribution is -2.42. The highest BCUT2D eigenvalue weighted by atomic mass is 16.5. The first-order chi connectivity index (χ1) is 5.18. The molecule has 0 heterocycles. The third-order valence-corrected chi connectivity index (χ3v) is 1.54. The Morgan fingerprint density at radius 3 is 2.64 bits per heavy atom. The van der Waals surface area contributed by atoms with E-state index < -0.39 is 5.54 Å². The first-order valence-corrected chi connectivity index (χ1v) is 3.86. The van der Waals surface area contributed by atoms with Crippen molar-refractivity contribution in [1.29, 1.82) is 5.26 Å². The lowest BCUT2D eigenvalue weighted by atomic mass is 10.1. The maximum absolute atomic E-state index is 8.69. The summed E-state index contributed by atoms with van der Waals surface area (Å²) in [5.74, 6) is 0. The monoisotopic (exact) mass is 156 g/mol. The van der Waals surface area contributed by atoms with Crippen LogP contribution in [0.1, 0.15) is 20.3 Å². The van der Waals surface area contributed by atoms with Gasteiger partial charge >= 0.3 is 0 Å². The van der Waals surface area contributed by atoms with Crippen LogP contribution in [-0.4, -0.2) is 25.8 Å². The molecule has 0 bridgehead atoms. The van der Waals surface area contributed by atoms with Gasteiger partial charge in [0, 0.05) is 6.61 Å². The summed E-state index contributed by atoms with van der Waals surface area (Å²) in [4.78, 5) is 0. The number of nitrogens with zero attached hydrogens (tertiary/aromatic N) is 1. The number of likely N-dealkylation sites (N-methyl/N-ethyl adjacent to an activating group) is 1. The molecule has 11 heavy (non-hydrogen) atoms. The minimum Gasteiger partial charge on any atom is -0.378 e. The average molecular weight is 156 g/mol. The molecule has 0 rings (SSSR count). The summed E-state index contributed by atoms with van der Waals surface area (Å²) in [6, 6.07) is 2.15. The van der Waals surface area contributed by atoms with Gasteiger partial charge in [-0.05, 0) is 20.4 Å². The number of nitrogens with one attached hydrogen (secondary N) is 1. The molecule has 0 fully saturated rings. The van der Waals surface area contributed by atoms with Crippen LogP contribution in [0.3, 0.4) is 0 Å². The maximum atomic E-state index is 8.69. The molecule has 0 aliphatic heterocycles. The molecule has 1 N–H and O–H groups in total. The van der Waals surface area contributed by atoms with Gasteiger partial charge in [0.1, 0.15) is 5.54 Å². The lowest BCUT2D eigenvalue weighted by molar-refractivity contribution is 0.0987. The van der Waals surface area contributed by atoms with Crippen LogP contribution in [0.4, 0.5) is 0 Å². The van der Waals surface area contributed by atoms with Gasteiger partial charge in [-0.1, -0.05) is 6.92 Å². The first-order valence-electron chi connectivity index (χ1n) is 3.86. The van der Waals surface area contributed by atoms with E-state index in [0.717, 1.165) is 13.0 Å². The quantitative estimate of drug-likeness (QED) is 0.602. The largest absolute Gasteiger partial charge is 0.378 e. The zero-order valence-electron chi connectivity index (χ0n) is 7.48. The molecule has 3 heteroatoms. The van der Waals surface area contributed by atoms with Crippen molar-refractivity contribution in [1.82, 2.24) is 5.32 Å². The highest BCUT2D eigenvalue weighted by Gasteiger charge is 2.20. The highest BCUT2D eigenvalue weighted by Crippen LogP contribution is 2.01. The molecule has 0 aromatic rings. The van der Waals surface area contributed by atoms with Crippen LogP contribution in [0, 0.1) is 11.3 Å². The summed E-state index contributed by atoms with van der Waals surface area (Å²) in [7, 11) is 1.76. The van der Waals surface area contributed by atoms with Crippen LogP contribution in [0.15, 0.2) is 0 Å². The number of hydrogen-bond acceptors (Lipinski definition) is 3. The van der Waals surface area contributed by atoms with Gasteiger partial charge in [0.15, 0.2) is 0 Å². The van der Waals surface area contributed by atoms with Gasteiger partial charge in [0.2, 0.25) is 0 Å². The second kappa shape index (κ2) is 5.11. The zero-order valence-corrected chi connectivity index (χ0v) is 7.48. The number of ether oxygens (including phenoxy) is 1. The average Bonchev–Trinajstić information content (AvgIpc) is 2.05. The summed E-state index contributed by atoms with van der Waals surface area (Å²) in [6.07, 6.45) is 0.991. The normalized spacial score (nSPS) is 15.5. The van der Waals surface area contributed by atoms with Crippen molar-refractivity contribution in [3.8, 4) is 6.07 Å². The van der Waals surface area contributed by atoms with Gasteiger partial charge in [-0.2, -0.15) is 5.26 Å². The Morgan fingerprint density at radius 1 is 1.64 bits per heavy atom. The van der Waals surface area contributed by atoms with E-state index in [1.54, 1.807) is 7.05 Å². The Bertz CT molecular complexity index is 142. The van der Waals surface area contributed by atoms with Crippen molar-refractivity contribution < 1.29 is 4.74 Å². The van der Waals surface area contributed by atoms with Crippen molar-refractivity contribution in [3.05, 3.63) is 0 Å². The van der Waals surface area contributed by atoms with Crippen molar-refractivity contribution >= 4 is 0 Å². The van der Waals surface area contributed by atoms with E-state index in [0.29, 0.717) is 6.61 Å². The lowest BCUT2D eigenvalue weighted by Gasteiger charge is -2.19. The smallest absolute Gasteiger partial charge is 0.127 e. The molecular formula is C8H16N2O. The van der Waals surface area contributed by atoms with Crippen LogP contribution in [0.25, 0.3) is 0 Å². The molecule has 0 radical (unpaired) electrons. The molecule has 0 aliphatic carbocycles. The summed E-state index contributed by atoms with van der Waals surface area (Å²) in [5, 5.41) is 11.6. The maximum Gasteiger partial charge on any atom is 0.127 e. The second-order valence-corrected chi connectivity index (χ2v) is 2.75. The Kier molecular flexibility index (Phi) is 4.84. The van der Waals surface area contributed by atoms with Crippen molar-refractivity contribution in [2.75, 3.05) is 20.3 Å². The van der Waals surface area contributed by atoms with Gasteiger partial charge in [0.05, 0.1) is 12.7 Å². The Balaban J connectivity index is 3.63. The summed E-state index contributed by atoms with van der Waals surface area (Å²) >= 11 is 0. The third kappa shape index (κ3) is 3.97. The Labute approximate surface area is 68.3 Å². The van der Waals surface area contributed by atoms with Crippen LogP contribution in [-0.2, 0) is 4.74 Å². The van der Waals surface area contributed by atoms with Crippen LogP contribution in [0.2, 0.25) is 0 Å². The minimum absolute atomic E-state index is 0.452. The molecule has 0 spiro atoms. The summed E-state index contributed by atoms with van der Waals surface area (Å²) < 4.78 is 5.24. The number of rotatable bonds is 5. The summed E-state index contributed by atoms with van der Waals surface area (Å²) in [5.41, 5.74) is -0.533. The van der Waals surface area contributed by atoms with Crippen LogP contribution >= 0.6 is 0 Å². The van der Waals surface area contributed by atoms with Crippen molar-refractivity contribution in [2.45, 2.75) is 25.8 Å². The molecule has 0 aromatic heterocycles. The molecule has 0 saturated carbocycles. The molecule has 0 aromatic carbocycles. The van der Waals surface area contributed by atoms with E-state index in [4.69, 9.17) is 10.00 Å². The van der Waals surface area contributed by atoms with Gasteiger partial charge in [-0.25, -0.2) is 0 Å². The predicted octanol–water partition coefficient (Wildman–Crippen LogP) is 0.915. The van der Waals surface area contributed by atoms with E-state index in [-0.39, 0.29) is 0 Å². The molecule has 1 unspecified atom stereocenters. The first kappa shape index (κ1) is 10.4. The van der Waals surface area contributed by atoms with E-state index in [2.05, 4.69) is 11.4 Å². The third-order valence-electron chi connectivity index (χ3n) is 1.54. The standard InChI is InChI=1S/C8H16N2O/c1-4-5-11-7-8(2,6-9)10-3/h10H,4-5,7H2,1-3H3. The fourth-order valence-electron chi connectivity index (χ4n) is 0.581. The van der Waals surface area contributed by atoms with Crippen molar-refractivity contribution in [3.63, 3.8) is 0 Å². The highest BCUT2D eigenvalue weighted by molar-refractivity contribution is 5.02. The Morgan fingerprint density at radius 2 is 2.27 bits per heavy atom. The van der Waals surface area contributed by atoms with Crippen LogP contribution < -0.4 is 5.32 Å². The number of nitriles is 1. The van der Waals surface area contributed by atoms with Gasteiger partial charge in [-0.3, -0.25) is 0 Å². The molecule has 64 valence electrons. The van der Waals surface area contributed by atoms with E-state index in [9.17, 15) is 0 Å². The zero-order chi connectivity index (χ0) is 8.74. The SMILES string of the molecule is CCCOCC(C)(C#N)NC. The van der Waals surface area contributed by atoms with E-state index >= 15 is 0 Å². The van der Waals surface area contributed by atoms with E-state index in [1.807, 2.05) is 13.8 Å². The summed E-state index contributed by atoms with van der Waals surface area (Å²) in [6.45, 7) is 5.04. The molecule has 0 aliphatic rings. The van der Waals surface area contributed by atoms with Crippen LogP contribution in [0.5, 0.6) is 0 Å². The topological polar surface area (TPSA) is 45.0 Å². The fraction of sp³-hybridized carbons (Fsp3) is 0.875. The minimum atomic E-state index is -0.533. The molecule has 0 amide bonds. The second-order valence-electron chi connectivity index (χ2n) is 2.75. The Hall–Kier alpha value is -0.590. The molecule has 1 atom stereocenters. The van der Waals surface area contributed by atoms with Gasteiger partial charge in [-0.15, -0.1) is 0 Å². The number of hydrogen-bond donors (Lipinski definition) is 1. The predicted molar refractivity (Wildman–Crippen MR) is 44.2 cm³/mol. The molecule has 0 saturated heterocycles. The van der Waals surface area contributed by atoms with Crippen molar-refractivity contribution in [2.24, 2.45) is 0 Å². The molecule has 3 nitrogen and oxygen atoms in total. The molecular weight excluding hydrogens is 140 g/mol. The fourth-order valence-corrected chi connectivity index (χ4v) is 0.581. The van der Waals surface area contributed by atoms with Gasteiger partial charge < -0.3 is 10.1 Å². The van der Waals surface area contributed by atoms with E-state index in [1.165, 1.54) is 0 Å². The van der Waals surface area contributed by atoms with Gasteiger partial charge in [0.25, 0.3) is 0 Å².